The predicted molar refractivity (Wildman–Crippen MR) is 112 cm³/mol. The van der Waals surface area contributed by atoms with Crippen molar-refractivity contribution in [2.45, 2.75) is 32.4 Å². The fourth-order valence-electron chi connectivity index (χ4n) is 3.76. The second kappa shape index (κ2) is 8.54. The van der Waals surface area contributed by atoms with E-state index in [-0.39, 0.29) is 24.9 Å². The molecular weight excluding hydrogens is 410 g/mol. The van der Waals surface area contributed by atoms with E-state index >= 15 is 0 Å². The lowest BCUT2D eigenvalue weighted by molar-refractivity contribution is -0.133. The van der Waals surface area contributed by atoms with E-state index in [0.29, 0.717) is 29.1 Å². The number of sulfonamides is 1. The molecule has 1 N–H and O–H groups in total. The molecule has 0 spiro atoms. The van der Waals surface area contributed by atoms with Gasteiger partial charge >= 0.3 is 0 Å². The van der Waals surface area contributed by atoms with Gasteiger partial charge in [-0.2, -0.15) is 5.26 Å². The fourth-order valence-corrected chi connectivity index (χ4v) is 4.41. The molecule has 152 valence electrons. The molecule has 1 aliphatic heterocycles. The topological polar surface area (TPSA) is 90.3 Å². The number of halogens is 1. The lowest BCUT2D eigenvalue weighted by atomic mass is 9.89. The van der Waals surface area contributed by atoms with Gasteiger partial charge in [-0.3, -0.25) is 4.79 Å². The van der Waals surface area contributed by atoms with Gasteiger partial charge in [0, 0.05) is 18.1 Å². The molecular formula is C21H22ClN3O3S. The van der Waals surface area contributed by atoms with Crippen molar-refractivity contribution in [3.63, 3.8) is 0 Å². The average molecular weight is 432 g/mol. The maximum absolute atomic E-state index is 13.0. The van der Waals surface area contributed by atoms with Gasteiger partial charge < -0.3 is 4.90 Å². The van der Waals surface area contributed by atoms with E-state index in [4.69, 9.17) is 11.6 Å². The lowest BCUT2D eigenvalue weighted by Crippen LogP contribution is -2.40. The molecule has 0 aliphatic carbocycles. The highest BCUT2D eigenvalue weighted by atomic mass is 35.5. The van der Waals surface area contributed by atoms with E-state index in [2.05, 4.69) is 10.8 Å². The normalized spacial score (nSPS) is 16.2. The van der Waals surface area contributed by atoms with Gasteiger partial charge in [0.2, 0.25) is 15.9 Å². The first-order valence-corrected chi connectivity index (χ1v) is 11.5. The molecule has 0 fully saturated rings. The number of hydrogen-bond acceptors (Lipinski definition) is 4. The summed E-state index contributed by atoms with van der Waals surface area (Å²) in [7, 11) is -3.29. The van der Waals surface area contributed by atoms with Crippen molar-refractivity contribution in [3.05, 3.63) is 69.2 Å². The summed E-state index contributed by atoms with van der Waals surface area (Å²) in [4.78, 5) is 14.8. The Kier molecular flexibility index (Phi) is 6.27. The van der Waals surface area contributed by atoms with E-state index in [1.54, 1.807) is 23.1 Å². The number of nitrogens with zero attached hydrogens (tertiary/aromatic N) is 2. The molecule has 8 heteroatoms. The Balaban J connectivity index is 1.82. The number of carbonyl (C=O) groups is 1. The van der Waals surface area contributed by atoms with Gasteiger partial charge in [0.1, 0.15) is 0 Å². The van der Waals surface area contributed by atoms with Crippen LogP contribution in [0.1, 0.15) is 40.8 Å². The summed E-state index contributed by atoms with van der Waals surface area (Å²) in [6, 6.07) is 12.7. The van der Waals surface area contributed by atoms with Crippen LogP contribution < -0.4 is 4.72 Å². The van der Waals surface area contributed by atoms with Crippen LogP contribution >= 0.6 is 11.6 Å². The molecule has 0 aromatic heterocycles. The van der Waals surface area contributed by atoms with Crippen molar-refractivity contribution in [2.24, 2.45) is 0 Å². The molecule has 0 bridgehead atoms. The van der Waals surface area contributed by atoms with Crippen molar-refractivity contribution < 1.29 is 13.2 Å². The molecule has 2 aromatic carbocycles. The predicted octanol–water partition coefficient (Wildman–Crippen LogP) is 2.95. The van der Waals surface area contributed by atoms with Gasteiger partial charge in [0.15, 0.2) is 0 Å². The van der Waals surface area contributed by atoms with Gasteiger partial charge in [-0.05, 0) is 47.7 Å². The van der Waals surface area contributed by atoms with E-state index in [1.165, 1.54) is 0 Å². The maximum Gasteiger partial charge on any atom is 0.227 e. The van der Waals surface area contributed by atoms with Crippen LogP contribution in [0.25, 0.3) is 0 Å². The molecule has 6 nitrogen and oxygen atoms in total. The van der Waals surface area contributed by atoms with E-state index in [9.17, 15) is 18.5 Å². The lowest BCUT2D eigenvalue weighted by Gasteiger charge is -2.36. The zero-order valence-electron chi connectivity index (χ0n) is 16.3. The Hall–Kier alpha value is -2.40. The summed E-state index contributed by atoms with van der Waals surface area (Å²) in [5.74, 6) is -0.0904. The monoisotopic (exact) mass is 431 g/mol. The van der Waals surface area contributed by atoms with Crippen molar-refractivity contribution in [2.75, 3.05) is 12.8 Å². The quantitative estimate of drug-likeness (QED) is 0.787. The Morgan fingerprint density at radius 1 is 1.31 bits per heavy atom. The van der Waals surface area contributed by atoms with Gasteiger partial charge in [0.05, 0.1) is 30.4 Å². The van der Waals surface area contributed by atoms with Crippen LogP contribution in [0.3, 0.4) is 0 Å². The van der Waals surface area contributed by atoms with E-state index in [0.717, 1.165) is 22.9 Å². The van der Waals surface area contributed by atoms with Crippen molar-refractivity contribution in [1.29, 1.82) is 5.26 Å². The summed E-state index contributed by atoms with van der Waals surface area (Å²) in [5, 5.41) is 9.72. The third-order valence-electron chi connectivity index (χ3n) is 5.24. The van der Waals surface area contributed by atoms with Crippen LogP contribution in [0, 0.1) is 11.3 Å². The first-order chi connectivity index (χ1) is 13.7. The first kappa shape index (κ1) is 21.3. The number of fused-ring (bicyclic) bond motifs is 1. The standard InChI is InChI=1S/C21H22ClN3O3S/c1-14-17-7-3-6-16(13-24-29(2,27)28)18(17)9-10-25(14)21(26)11-19-15(12-23)5-4-8-20(19)22/h3-8,14,24H,9-11,13H2,1-2H3/t14-/m0/s1. The largest absolute Gasteiger partial charge is 0.335 e. The molecule has 0 unspecified atom stereocenters. The number of benzene rings is 2. The zero-order valence-corrected chi connectivity index (χ0v) is 17.8. The van der Waals surface area contributed by atoms with Crippen molar-refractivity contribution >= 4 is 27.5 Å². The summed E-state index contributed by atoms with van der Waals surface area (Å²) in [5.41, 5.74) is 3.97. The number of nitrogens with one attached hydrogen (secondary N) is 1. The van der Waals surface area contributed by atoms with Gasteiger partial charge in [-0.25, -0.2) is 13.1 Å². The van der Waals surface area contributed by atoms with Gasteiger partial charge in [-0.15, -0.1) is 0 Å². The molecule has 29 heavy (non-hydrogen) atoms. The average Bonchev–Trinajstić information content (AvgIpc) is 2.67. The maximum atomic E-state index is 13.0. The van der Waals surface area contributed by atoms with Crippen LogP contribution in [-0.2, 0) is 34.2 Å². The summed E-state index contributed by atoms with van der Waals surface area (Å²) in [6.07, 6.45) is 1.84. The van der Waals surface area contributed by atoms with Crippen molar-refractivity contribution in [1.82, 2.24) is 9.62 Å². The van der Waals surface area contributed by atoms with E-state index < -0.39 is 10.0 Å². The SMILES string of the molecule is C[C@H]1c2cccc(CNS(C)(=O)=O)c2CCN1C(=O)Cc1c(Cl)cccc1C#N. The van der Waals surface area contributed by atoms with Crippen LogP contribution in [0.2, 0.25) is 5.02 Å². The van der Waals surface area contributed by atoms with Crippen LogP contribution in [0.15, 0.2) is 36.4 Å². The number of nitriles is 1. The highest BCUT2D eigenvalue weighted by molar-refractivity contribution is 7.88. The molecule has 2 aromatic rings. The molecule has 3 rings (SSSR count). The summed E-state index contributed by atoms with van der Waals surface area (Å²) < 4.78 is 25.4. The Morgan fingerprint density at radius 2 is 2.03 bits per heavy atom. The molecule has 0 radical (unpaired) electrons. The minimum atomic E-state index is -3.29. The third kappa shape index (κ3) is 4.78. The van der Waals surface area contributed by atoms with E-state index in [1.807, 2.05) is 25.1 Å². The van der Waals surface area contributed by atoms with Gasteiger partial charge in [-0.1, -0.05) is 35.9 Å². The smallest absolute Gasteiger partial charge is 0.227 e. The minimum absolute atomic E-state index is 0.0670. The number of carbonyl (C=O) groups excluding carboxylic acids is 1. The Morgan fingerprint density at radius 3 is 2.72 bits per heavy atom. The van der Waals surface area contributed by atoms with Crippen LogP contribution in [0.5, 0.6) is 0 Å². The number of rotatable bonds is 5. The number of hydrogen-bond donors (Lipinski definition) is 1. The Bertz CT molecular complexity index is 1090. The highest BCUT2D eigenvalue weighted by Crippen LogP contribution is 2.32. The molecule has 1 atom stereocenters. The van der Waals surface area contributed by atoms with Crippen LogP contribution in [-0.4, -0.2) is 32.0 Å². The van der Waals surface area contributed by atoms with Gasteiger partial charge in [0.25, 0.3) is 0 Å². The van der Waals surface area contributed by atoms with Crippen molar-refractivity contribution in [3.8, 4) is 6.07 Å². The molecule has 1 heterocycles. The Labute approximate surface area is 176 Å². The number of amides is 1. The summed E-state index contributed by atoms with van der Waals surface area (Å²) in [6.45, 7) is 2.71. The minimum Gasteiger partial charge on any atom is -0.335 e. The summed E-state index contributed by atoms with van der Waals surface area (Å²) >= 11 is 6.22. The third-order valence-corrected chi connectivity index (χ3v) is 6.26. The molecule has 1 aliphatic rings. The van der Waals surface area contributed by atoms with Crippen LogP contribution in [0.4, 0.5) is 0 Å². The zero-order chi connectivity index (χ0) is 21.2. The molecule has 1 amide bonds. The first-order valence-electron chi connectivity index (χ1n) is 9.23. The second-order valence-electron chi connectivity index (χ2n) is 7.15. The molecule has 0 saturated heterocycles. The second-order valence-corrected chi connectivity index (χ2v) is 9.39. The highest BCUT2D eigenvalue weighted by Gasteiger charge is 2.29. The molecule has 0 saturated carbocycles. The fraction of sp³-hybridized carbons (Fsp3) is 0.333.